The predicted molar refractivity (Wildman–Crippen MR) is 63.6 cm³/mol. The molecule has 0 aliphatic heterocycles. The smallest absolute Gasteiger partial charge is 0.267 e. The highest BCUT2D eigenvalue weighted by atomic mass is 79.9. The second-order valence-corrected chi connectivity index (χ2v) is 5.85. The van der Waals surface area contributed by atoms with Gasteiger partial charge in [-0.2, -0.15) is 5.10 Å². The first-order valence-electron chi connectivity index (χ1n) is 3.68. The Bertz CT molecular complexity index is 520. The zero-order valence-corrected chi connectivity index (χ0v) is 10.7. The molecule has 0 saturated heterocycles. The number of halogens is 2. The first-order valence-corrected chi connectivity index (χ1v) is 6.08. The Hall–Kier alpha value is -0.460. The Morgan fingerprint density at radius 1 is 1.36 bits per heavy atom. The Morgan fingerprint density at radius 3 is 2.71 bits per heavy atom. The van der Waals surface area contributed by atoms with Crippen LogP contribution in [-0.4, -0.2) is 10.2 Å². The lowest BCUT2D eigenvalue weighted by Crippen LogP contribution is -2.08. The van der Waals surface area contributed by atoms with Crippen molar-refractivity contribution in [3.63, 3.8) is 0 Å². The SMILES string of the molecule is O=c1[nH]nc(-c2ccc(Br)s2)cc1Br. The van der Waals surface area contributed by atoms with Crippen molar-refractivity contribution < 1.29 is 0 Å². The van der Waals surface area contributed by atoms with E-state index in [9.17, 15) is 4.79 Å². The minimum atomic E-state index is -0.218. The summed E-state index contributed by atoms with van der Waals surface area (Å²) in [5, 5.41) is 6.36. The molecule has 2 rings (SSSR count). The lowest BCUT2D eigenvalue weighted by atomic mass is 10.3. The minimum Gasteiger partial charge on any atom is -0.267 e. The molecule has 0 unspecified atom stereocenters. The summed E-state index contributed by atoms with van der Waals surface area (Å²) < 4.78 is 1.53. The second kappa shape index (κ2) is 3.96. The molecule has 0 spiro atoms. The molecule has 2 heterocycles. The molecule has 0 aliphatic carbocycles. The van der Waals surface area contributed by atoms with Crippen molar-refractivity contribution in [2.45, 2.75) is 0 Å². The summed E-state index contributed by atoms with van der Waals surface area (Å²) in [6.45, 7) is 0. The number of rotatable bonds is 1. The maximum Gasteiger partial charge on any atom is 0.278 e. The monoisotopic (exact) mass is 334 g/mol. The molecule has 0 atom stereocenters. The number of H-pyrrole nitrogens is 1. The van der Waals surface area contributed by atoms with Gasteiger partial charge < -0.3 is 0 Å². The summed E-state index contributed by atoms with van der Waals surface area (Å²) in [5.74, 6) is 0. The number of aromatic nitrogens is 2. The first-order chi connectivity index (χ1) is 6.66. The lowest BCUT2D eigenvalue weighted by molar-refractivity contribution is 0.988. The molecule has 72 valence electrons. The van der Waals surface area contributed by atoms with Crippen LogP contribution in [0.4, 0.5) is 0 Å². The molecule has 3 nitrogen and oxygen atoms in total. The third-order valence-electron chi connectivity index (χ3n) is 1.58. The van der Waals surface area contributed by atoms with Gasteiger partial charge in [-0.1, -0.05) is 0 Å². The Labute approximate surface area is 100 Å². The molecule has 0 aliphatic rings. The summed E-state index contributed by atoms with van der Waals surface area (Å²) in [6, 6.07) is 5.60. The highest BCUT2D eigenvalue weighted by Crippen LogP contribution is 2.29. The molecule has 6 heteroatoms. The molecule has 14 heavy (non-hydrogen) atoms. The molecule has 0 saturated carbocycles. The van der Waals surface area contributed by atoms with Gasteiger partial charge in [0.05, 0.1) is 13.1 Å². The zero-order valence-electron chi connectivity index (χ0n) is 6.75. The maximum atomic E-state index is 11.0. The van der Waals surface area contributed by atoms with Crippen LogP contribution >= 0.6 is 43.2 Å². The molecule has 2 aromatic rings. The average molecular weight is 336 g/mol. The molecule has 0 fully saturated rings. The van der Waals surface area contributed by atoms with Gasteiger partial charge in [0, 0.05) is 0 Å². The first kappa shape index (κ1) is 10.1. The van der Waals surface area contributed by atoms with Crippen molar-refractivity contribution in [2.24, 2.45) is 0 Å². The van der Waals surface area contributed by atoms with Crippen molar-refractivity contribution in [1.82, 2.24) is 10.2 Å². The topological polar surface area (TPSA) is 45.8 Å². The molecule has 0 aromatic carbocycles. The quantitative estimate of drug-likeness (QED) is 0.870. The van der Waals surface area contributed by atoms with Crippen molar-refractivity contribution >= 4 is 43.2 Å². The van der Waals surface area contributed by atoms with Crippen LogP contribution in [0.25, 0.3) is 10.6 Å². The number of aromatic amines is 1. The van der Waals surface area contributed by atoms with E-state index in [0.717, 1.165) is 14.4 Å². The van der Waals surface area contributed by atoms with Crippen LogP contribution in [0, 0.1) is 0 Å². The van der Waals surface area contributed by atoms with Gasteiger partial charge in [-0.15, -0.1) is 11.3 Å². The van der Waals surface area contributed by atoms with E-state index < -0.39 is 0 Å². The van der Waals surface area contributed by atoms with Gasteiger partial charge in [0.2, 0.25) is 0 Å². The van der Waals surface area contributed by atoms with Crippen molar-refractivity contribution in [3.05, 3.63) is 36.8 Å². The molecule has 0 radical (unpaired) electrons. The van der Waals surface area contributed by atoms with Crippen LogP contribution in [0.3, 0.4) is 0 Å². The number of nitrogens with one attached hydrogen (secondary N) is 1. The van der Waals surface area contributed by atoms with Gasteiger partial charge in [0.1, 0.15) is 5.69 Å². The standard InChI is InChI=1S/C8H4Br2N2OS/c9-4-3-5(11-12-8(4)13)6-1-2-7(10)14-6/h1-3H,(H,12,13). The fourth-order valence-corrected chi connectivity index (χ4v) is 2.61. The Morgan fingerprint density at radius 2 is 2.14 bits per heavy atom. The molecular weight excluding hydrogens is 332 g/mol. The summed E-state index contributed by atoms with van der Waals surface area (Å²) >= 11 is 8.10. The van der Waals surface area contributed by atoms with Gasteiger partial charge in [-0.3, -0.25) is 4.79 Å². The molecular formula is C8H4Br2N2OS. The van der Waals surface area contributed by atoms with Gasteiger partial charge >= 0.3 is 0 Å². The van der Waals surface area contributed by atoms with E-state index in [0.29, 0.717) is 4.47 Å². The normalized spacial score (nSPS) is 10.4. The highest BCUT2D eigenvalue weighted by molar-refractivity contribution is 9.11. The molecule has 0 amide bonds. The van der Waals surface area contributed by atoms with E-state index in [4.69, 9.17) is 0 Å². The third-order valence-corrected chi connectivity index (χ3v) is 3.82. The summed E-state index contributed by atoms with van der Waals surface area (Å²) in [7, 11) is 0. The van der Waals surface area contributed by atoms with Crippen molar-refractivity contribution in [3.8, 4) is 10.6 Å². The van der Waals surface area contributed by atoms with Gasteiger partial charge in [-0.25, -0.2) is 5.10 Å². The van der Waals surface area contributed by atoms with E-state index in [1.165, 1.54) is 0 Å². The van der Waals surface area contributed by atoms with E-state index >= 15 is 0 Å². The predicted octanol–water partition coefficient (Wildman–Crippen LogP) is 3.02. The average Bonchev–Trinajstić information content (AvgIpc) is 2.57. The summed E-state index contributed by atoms with van der Waals surface area (Å²) in [4.78, 5) is 12.0. The van der Waals surface area contributed by atoms with Gasteiger partial charge in [0.15, 0.2) is 0 Å². The van der Waals surface area contributed by atoms with E-state index in [-0.39, 0.29) is 5.56 Å². The summed E-state index contributed by atoms with van der Waals surface area (Å²) in [6.07, 6.45) is 0. The second-order valence-electron chi connectivity index (χ2n) is 2.53. The number of nitrogens with zero attached hydrogens (tertiary/aromatic N) is 1. The highest BCUT2D eigenvalue weighted by Gasteiger charge is 2.05. The fraction of sp³-hybridized carbons (Fsp3) is 0. The molecule has 0 bridgehead atoms. The third kappa shape index (κ3) is 1.97. The van der Waals surface area contributed by atoms with Crippen LogP contribution < -0.4 is 5.56 Å². The fourth-order valence-electron chi connectivity index (χ4n) is 0.960. The van der Waals surface area contributed by atoms with Gasteiger partial charge in [0.25, 0.3) is 5.56 Å². The maximum absolute atomic E-state index is 11.0. The van der Waals surface area contributed by atoms with Crippen LogP contribution in [-0.2, 0) is 0 Å². The minimum absolute atomic E-state index is 0.218. The Kier molecular flexibility index (Phi) is 2.85. The number of hydrogen-bond donors (Lipinski definition) is 1. The molecule has 1 N–H and O–H groups in total. The van der Waals surface area contributed by atoms with E-state index in [2.05, 4.69) is 42.1 Å². The summed E-state index contributed by atoms with van der Waals surface area (Å²) in [5.41, 5.74) is 0.538. The van der Waals surface area contributed by atoms with Crippen LogP contribution in [0.1, 0.15) is 0 Å². The van der Waals surface area contributed by atoms with Crippen LogP contribution in [0.15, 0.2) is 31.3 Å². The lowest BCUT2D eigenvalue weighted by Gasteiger charge is -1.95. The zero-order chi connectivity index (χ0) is 10.1. The number of thiophene rings is 1. The number of hydrogen-bond acceptors (Lipinski definition) is 3. The van der Waals surface area contributed by atoms with E-state index in [1.807, 2.05) is 12.1 Å². The Balaban J connectivity index is 2.52. The van der Waals surface area contributed by atoms with Crippen LogP contribution in [0.5, 0.6) is 0 Å². The van der Waals surface area contributed by atoms with Crippen molar-refractivity contribution in [2.75, 3.05) is 0 Å². The van der Waals surface area contributed by atoms with Gasteiger partial charge in [-0.05, 0) is 50.1 Å². The largest absolute Gasteiger partial charge is 0.278 e. The van der Waals surface area contributed by atoms with Crippen LogP contribution in [0.2, 0.25) is 0 Å². The van der Waals surface area contributed by atoms with Crippen molar-refractivity contribution in [1.29, 1.82) is 0 Å². The van der Waals surface area contributed by atoms with E-state index in [1.54, 1.807) is 17.4 Å². The molecule has 2 aromatic heterocycles.